The van der Waals surface area contributed by atoms with Crippen molar-refractivity contribution in [3.8, 4) is 0 Å². The van der Waals surface area contributed by atoms with E-state index >= 15 is 0 Å². The number of esters is 1. The molecule has 0 aliphatic carbocycles. The fourth-order valence-corrected chi connectivity index (χ4v) is 1.88. The Morgan fingerprint density at radius 3 is 2.79 bits per heavy atom. The van der Waals surface area contributed by atoms with Crippen LogP contribution in [0.1, 0.15) is 21.5 Å². The summed E-state index contributed by atoms with van der Waals surface area (Å²) in [6.07, 6.45) is 3.63. The first kappa shape index (κ1) is 13.3. The number of methoxy groups -OCH3 is 2. The van der Waals surface area contributed by atoms with Crippen molar-refractivity contribution >= 4 is 5.97 Å². The molecule has 0 saturated carbocycles. The van der Waals surface area contributed by atoms with E-state index in [1.807, 2.05) is 23.0 Å². The third-order valence-electron chi connectivity index (χ3n) is 2.82. The fourth-order valence-electron chi connectivity index (χ4n) is 1.88. The van der Waals surface area contributed by atoms with Crippen LogP contribution in [-0.2, 0) is 22.6 Å². The van der Waals surface area contributed by atoms with Gasteiger partial charge in [0.1, 0.15) is 0 Å². The topological polar surface area (TPSA) is 53.4 Å². The van der Waals surface area contributed by atoms with Crippen LogP contribution in [0.15, 0.2) is 36.7 Å². The molecule has 0 amide bonds. The number of carbonyl (C=O) groups is 1. The molecule has 19 heavy (non-hydrogen) atoms. The molecule has 0 radical (unpaired) electrons. The molecule has 1 aromatic carbocycles. The molecule has 100 valence electrons. The van der Waals surface area contributed by atoms with Gasteiger partial charge in [-0.25, -0.2) is 4.79 Å². The molecule has 0 aliphatic rings. The Balaban J connectivity index is 2.29. The lowest BCUT2D eigenvalue weighted by Gasteiger charge is -2.11. The van der Waals surface area contributed by atoms with Gasteiger partial charge in [0.25, 0.3) is 0 Å². The van der Waals surface area contributed by atoms with Crippen molar-refractivity contribution in [3.05, 3.63) is 53.3 Å². The van der Waals surface area contributed by atoms with Crippen molar-refractivity contribution in [1.29, 1.82) is 0 Å². The van der Waals surface area contributed by atoms with E-state index in [1.165, 1.54) is 7.11 Å². The fraction of sp³-hybridized carbons (Fsp3) is 0.286. The number of carbonyl (C=O) groups excluding carboxylic acids is 1. The number of benzene rings is 1. The molecule has 0 aliphatic heterocycles. The lowest BCUT2D eigenvalue weighted by atomic mass is 10.0. The second-order valence-corrected chi connectivity index (χ2v) is 4.11. The minimum absolute atomic E-state index is 0.344. The Kier molecular flexibility index (Phi) is 4.30. The molecular weight excluding hydrogens is 244 g/mol. The molecule has 2 rings (SSSR count). The van der Waals surface area contributed by atoms with E-state index in [4.69, 9.17) is 9.47 Å². The van der Waals surface area contributed by atoms with Gasteiger partial charge in [-0.1, -0.05) is 6.07 Å². The second-order valence-electron chi connectivity index (χ2n) is 4.11. The first-order valence-corrected chi connectivity index (χ1v) is 5.91. The average Bonchev–Trinajstić information content (AvgIpc) is 2.93. The molecular formula is C14H16N2O3. The minimum atomic E-state index is -0.344. The number of hydrogen-bond donors (Lipinski definition) is 0. The first-order chi connectivity index (χ1) is 9.24. The second kappa shape index (κ2) is 6.15. The van der Waals surface area contributed by atoms with Crippen LogP contribution >= 0.6 is 0 Å². The molecule has 0 fully saturated rings. The largest absolute Gasteiger partial charge is 0.465 e. The van der Waals surface area contributed by atoms with E-state index in [-0.39, 0.29) is 5.97 Å². The summed E-state index contributed by atoms with van der Waals surface area (Å²) in [5.74, 6) is -0.344. The smallest absolute Gasteiger partial charge is 0.337 e. The molecule has 0 N–H and O–H groups in total. The van der Waals surface area contributed by atoms with Crippen molar-refractivity contribution < 1.29 is 14.3 Å². The van der Waals surface area contributed by atoms with Crippen LogP contribution in [0.2, 0.25) is 0 Å². The molecule has 1 heterocycles. The summed E-state index contributed by atoms with van der Waals surface area (Å²) in [7, 11) is 3.00. The lowest BCUT2D eigenvalue weighted by Crippen LogP contribution is -2.07. The third kappa shape index (κ3) is 3.20. The highest BCUT2D eigenvalue weighted by atomic mass is 16.5. The Bertz CT molecular complexity index is 550. The Morgan fingerprint density at radius 1 is 1.32 bits per heavy atom. The van der Waals surface area contributed by atoms with Gasteiger partial charge in [-0.3, -0.25) is 4.68 Å². The Hall–Kier alpha value is -2.14. The van der Waals surface area contributed by atoms with Gasteiger partial charge in [-0.05, 0) is 29.3 Å². The van der Waals surface area contributed by atoms with E-state index in [0.717, 1.165) is 11.1 Å². The maximum absolute atomic E-state index is 11.5. The van der Waals surface area contributed by atoms with Gasteiger partial charge in [0.2, 0.25) is 0 Å². The molecule has 1 aromatic heterocycles. The molecule has 0 saturated heterocycles. The zero-order chi connectivity index (χ0) is 13.7. The summed E-state index contributed by atoms with van der Waals surface area (Å²) in [6.45, 7) is 1.09. The van der Waals surface area contributed by atoms with E-state index in [2.05, 4.69) is 5.10 Å². The van der Waals surface area contributed by atoms with Gasteiger partial charge in [-0.2, -0.15) is 5.10 Å². The van der Waals surface area contributed by atoms with Gasteiger partial charge in [0.05, 0.1) is 25.8 Å². The zero-order valence-electron chi connectivity index (χ0n) is 11.0. The monoisotopic (exact) mass is 260 g/mol. The summed E-state index contributed by atoms with van der Waals surface area (Å²) < 4.78 is 11.7. The number of nitrogens with zero attached hydrogens (tertiary/aromatic N) is 2. The SMILES string of the molecule is COCc1cc(C(=O)OC)ccc1Cn1cccn1. The first-order valence-electron chi connectivity index (χ1n) is 5.91. The summed E-state index contributed by atoms with van der Waals surface area (Å²) in [4.78, 5) is 11.5. The van der Waals surface area contributed by atoms with Gasteiger partial charge in [0.15, 0.2) is 0 Å². The summed E-state index contributed by atoms with van der Waals surface area (Å²) in [5, 5.41) is 4.17. The van der Waals surface area contributed by atoms with Crippen LogP contribution in [0.5, 0.6) is 0 Å². The van der Waals surface area contributed by atoms with Crippen LogP contribution in [0.25, 0.3) is 0 Å². The normalized spacial score (nSPS) is 10.4. The summed E-state index contributed by atoms with van der Waals surface area (Å²) in [5.41, 5.74) is 2.55. The van der Waals surface area contributed by atoms with Crippen molar-refractivity contribution in [2.24, 2.45) is 0 Å². The quantitative estimate of drug-likeness (QED) is 0.770. The number of ether oxygens (including phenoxy) is 2. The average molecular weight is 260 g/mol. The molecule has 0 unspecified atom stereocenters. The number of aromatic nitrogens is 2. The number of hydrogen-bond acceptors (Lipinski definition) is 4. The lowest BCUT2D eigenvalue weighted by molar-refractivity contribution is 0.0600. The van der Waals surface area contributed by atoms with E-state index in [9.17, 15) is 4.79 Å². The molecule has 5 heteroatoms. The highest BCUT2D eigenvalue weighted by Crippen LogP contribution is 2.15. The number of rotatable bonds is 5. The molecule has 2 aromatic rings. The Morgan fingerprint density at radius 2 is 2.16 bits per heavy atom. The standard InChI is InChI=1S/C14H16N2O3/c1-18-10-13-8-11(14(17)19-2)4-5-12(13)9-16-7-3-6-15-16/h3-8H,9-10H2,1-2H3. The summed E-state index contributed by atoms with van der Waals surface area (Å²) in [6, 6.07) is 7.33. The van der Waals surface area contributed by atoms with Gasteiger partial charge < -0.3 is 9.47 Å². The highest BCUT2D eigenvalue weighted by Gasteiger charge is 2.10. The van der Waals surface area contributed by atoms with Crippen LogP contribution in [-0.4, -0.2) is 30.0 Å². The zero-order valence-corrected chi connectivity index (χ0v) is 11.0. The van der Waals surface area contributed by atoms with E-state index in [1.54, 1.807) is 25.4 Å². The summed E-state index contributed by atoms with van der Waals surface area (Å²) >= 11 is 0. The van der Waals surface area contributed by atoms with Crippen molar-refractivity contribution in [2.75, 3.05) is 14.2 Å². The van der Waals surface area contributed by atoms with E-state index in [0.29, 0.717) is 18.7 Å². The molecule has 0 spiro atoms. The van der Waals surface area contributed by atoms with Gasteiger partial charge in [-0.15, -0.1) is 0 Å². The van der Waals surface area contributed by atoms with Crippen molar-refractivity contribution in [3.63, 3.8) is 0 Å². The molecule has 0 bridgehead atoms. The van der Waals surface area contributed by atoms with Crippen LogP contribution in [0.3, 0.4) is 0 Å². The Labute approximate surface area is 111 Å². The predicted octanol–water partition coefficient (Wildman–Crippen LogP) is 1.86. The van der Waals surface area contributed by atoms with Crippen LogP contribution in [0.4, 0.5) is 0 Å². The minimum Gasteiger partial charge on any atom is -0.465 e. The molecule has 5 nitrogen and oxygen atoms in total. The molecule has 0 atom stereocenters. The maximum Gasteiger partial charge on any atom is 0.337 e. The highest BCUT2D eigenvalue weighted by molar-refractivity contribution is 5.89. The van der Waals surface area contributed by atoms with Crippen LogP contribution < -0.4 is 0 Å². The van der Waals surface area contributed by atoms with Crippen molar-refractivity contribution in [1.82, 2.24) is 9.78 Å². The predicted molar refractivity (Wildman–Crippen MR) is 69.8 cm³/mol. The maximum atomic E-state index is 11.5. The van der Waals surface area contributed by atoms with E-state index < -0.39 is 0 Å². The van der Waals surface area contributed by atoms with Gasteiger partial charge in [0, 0.05) is 19.5 Å². The van der Waals surface area contributed by atoms with Crippen molar-refractivity contribution in [2.45, 2.75) is 13.2 Å². The third-order valence-corrected chi connectivity index (χ3v) is 2.82. The van der Waals surface area contributed by atoms with Crippen LogP contribution in [0, 0.1) is 0 Å². The van der Waals surface area contributed by atoms with Gasteiger partial charge >= 0.3 is 5.97 Å².